The van der Waals surface area contributed by atoms with Gasteiger partial charge in [-0.2, -0.15) is 0 Å². The second-order valence-electron chi connectivity index (χ2n) is 10.6. The maximum atomic E-state index is 13.7. The summed E-state index contributed by atoms with van der Waals surface area (Å²) in [5.74, 6) is -1.36. The minimum Gasteiger partial charge on any atom is -0.507 e. The predicted octanol–water partition coefficient (Wildman–Crippen LogP) is 6.16. The van der Waals surface area contributed by atoms with E-state index >= 15 is 0 Å². The number of esters is 1. The van der Waals surface area contributed by atoms with Crippen molar-refractivity contribution in [1.29, 1.82) is 0 Å². The number of hydrogen-bond acceptors (Lipinski definition) is 9. The summed E-state index contributed by atoms with van der Waals surface area (Å²) >= 11 is 0.962. The zero-order valence-electron chi connectivity index (χ0n) is 24.4. The van der Waals surface area contributed by atoms with Crippen LogP contribution in [0.1, 0.15) is 57.5 Å². The van der Waals surface area contributed by atoms with Crippen LogP contribution in [0.3, 0.4) is 0 Å². The Morgan fingerprint density at radius 2 is 1.89 bits per heavy atom. The Labute approximate surface area is 258 Å². The molecule has 1 saturated heterocycles. The lowest BCUT2D eigenvalue weighted by atomic mass is 9.94. The minimum absolute atomic E-state index is 0.00617. The van der Waals surface area contributed by atoms with Crippen LogP contribution in [-0.2, 0) is 27.4 Å². The highest BCUT2D eigenvalue weighted by atomic mass is 32.1. The molecule has 3 heterocycles. The van der Waals surface area contributed by atoms with E-state index in [-0.39, 0.29) is 34.1 Å². The summed E-state index contributed by atoms with van der Waals surface area (Å²) in [6.45, 7) is 5.79. The zero-order chi connectivity index (χ0) is 31.0. The van der Waals surface area contributed by atoms with Gasteiger partial charge in [0, 0.05) is 12.0 Å². The van der Waals surface area contributed by atoms with E-state index in [0.29, 0.717) is 35.6 Å². The summed E-state index contributed by atoms with van der Waals surface area (Å²) in [6, 6.07) is 20.9. The first-order valence-electron chi connectivity index (χ1n) is 14.3. The van der Waals surface area contributed by atoms with Crippen molar-refractivity contribution in [3.05, 3.63) is 111 Å². The summed E-state index contributed by atoms with van der Waals surface area (Å²) in [4.78, 5) is 46.0. The van der Waals surface area contributed by atoms with E-state index in [2.05, 4.69) is 4.98 Å². The number of amides is 1. The van der Waals surface area contributed by atoms with Crippen LogP contribution in [0.5, 0.6) is 11.5 Å². The van der Waals surface area contributed by atoms with E-state index in [1.54, 1.807) is 56.3 Å². The highest BCUT2D eigenvalue weighted by molar-refractivity contribution is 7.17. The molecule has 1 amide bonds. The SMILES string of the molecule is CCOC(=O)c1sc(N2C(=O)C(=O)/C(=C(/O)c3ccc4c(c3)C[C@H](C)O4)[C@@H]2c2cccc(OCc3ccccc3)c2)nc1C. The van der Waals surface area contributed by atoms with Gasteiger partial charge in [-0.1, -0.05) is 53.8 Å². The lowest BCUT2D eigenvalue weighted by Crippen LogP contribution is -2.29. The van der Waals surface area contributed by atoms with Gasteiger partial charge in [0.15, 0.2) is 5.13 Å². The van der Waals surface area contributed by atoms with E-state index in [9.17, 15) is 19.5 Å². The normalized spacial score (nSPS) is 18.7. The first-order valence-corrected chi connectivity index (χ1v) is 15.1. The number of anilines is 1. The van der Waals surface area contributed by atoms with Gasteiger partial charge in [0.2, 0.25) is 0 Å². The first-order chi connectivity index (χ1) is 21.2. The third-order valence-corrected chi connectivity index (χ3v) is 8.63. The number of carbonyl (C=O) groups is 3. The Morgan fingerprint density at radius 1 is 1.09 bits per heavy atom. The Morgan fingerprint density at radius 3 is 2.66 bits per heavy atom. The molecule has 2 aliphatic rings. The van der Waals surface area contributed by atoms with Crippen LogP contribution in [0.25, 0.3) is 5.76 Å². The quantitative estimate of drug-likeness (QED) is 0.109. The Hall–Kier alpha value is -4.96. The van der Waals surface area contributed by atoms with Gasteiger partial charge in [0.05, 0.1) is 23.9 Å². The molecule has 0 radical (unpaired) electrons. The van der Waals surface area contributed by atoms with Gasteiger partial charge < -0.3 is 19.3 Å². The molecule has 1 fully saturated rings. The Bertz CT molecular complexity index is 1800. The molecular formula is C34H30N2O7S. The van der Waals surface area contributed by atoms with Gasteiger partial charge >= 0.3 is 11.9 Å². The largest absolute Gasteiger partial charge is 0.507 e. The van der Waals surface area contributed by atoms with Crippen molar-refractivity contribution in [3.8, 4) is 11.5 Å². The molecule has 3 aromatic carbocycles. The fraction of sp³-hybridized carbons (Fsp3) is 0.235. The molecule has 10 heteroatoms. The average Bonchev–Trinajstić information content (AvgIpc) is 3.68. The predicted molar refractivity (Wildman–Crippen MR) is 165 cm³/mol. The van der Waals surface area contributed by atoms with Crippen LogP contribution in [0.15, 0.2) is 78.4 Å². The zero-order valence-corrected chi connectivity index (χ0v) is 25.2. The third-order valence-electron chi connectivity index (χ3n) is 7.49. The standard InChI is InChI=1S/C34H30N2O7S/c1-4-41-33(40)31-20(3)35-34(44-31)36-28(22-11-8-12-25(17-22)42-18-21-9-6-5-7-10-21)27(30(38)32(36)39)29(37)23-13-14-26-24(16-23)15-19(2)43-26/h5-14,16-17,19,28,37H,4,15,18H2,1-3H3/b29-27+/t19-,28-/m0/s1. The number of ether oxygens (including phenoxy) is 3. The fourth-order valence-corrected chi connectivity index (χ4v) is 6.44. The summed E-state index contributed by atoms with van der Waals surface area (Å²) < 4.78 is 17.0. The lowest BCUT2D eigenvalue weighted by molar-refractivity contribution is -0.132. The number of thiazole rings is 1. The molecular weight excluding hydrogens is 580 g/mol. The number of aryl methyl sites for hydroxylation is 1. The molecule has 1 N–H and O–H groups in total. The molecule has 1 aromatic heterocycles. The molecule has 0 unspecified atom stereocenters. The van der Waals surface area contributed by atoms with Crippen molar-refractivity contribution in [2.24, 2.45) is 0 Å². The molecule has 0 bridgehead atoms. The van der Waals surface area contributed by atoms with E-state index in [0.717, 1.165) is 28.2 Å². The summed E-state index contributed by atoms with van der Waals surface area (Å²) in [5, 5.41) is 11.8. The molecule has 0 spiro atoms. The average molecular weight is 611 g/mol. The summed E-state index contributed by atoms with van der Waals surface area (Å²) in [7, 11) is 0. The van der Waals surface area contributed by atoms with Crippen LogP contribution in [0.2, 0.25) is 0 Å². The van der Waals surface area contributed by atoms with Gasteiger partial charge in [-0.3, -0.25) is 14.5 Å². The number of hydrogen-bond donors (Lipinski definition) is 1. The minimum atomic E-state index is -1.04. The summed E-state index contributed by atoms with van der Waals surface area (Å²) in [6.07, 6.45) is 0.651. The van der Waals surface area contributed by atoms with Gasteiger partial charge in [-0.15, -0.1) is 0 Å². The molecule has 224 valence electrons. The number of ketones is 1. The number of aliphatic hydroxyl groups excluding tert-OH is 1. The fourth-order valence-electron chi connectivity index (χ4n) is 5.46. The molecule has 0 saturated carbocycles. The van der Waals surface area contributed by atoms with Crippen LogP contribution in [0.4, 0.5) is 5.13 Å². The number of nitrogens with zero attached hydrogens (tertiary/aromatic N) is 2. The first kappa shape index (κ1) is 29.1. The highest BCUT2D eigenvalue weighted by Crippen LogP contribution is 2.45. The number of carbonyl (C=O) groups excluding carboxylic acids is 3. The smallest absolute Gasteiger partial charge is 0.350 e. The van der Waals surface area contributed by atoms with Crippen molar-refractivity contribution in [2.75, 3.05) is 11.5 Å². The monoisotopic (exact) mass is 610 g/mol. The number of aliphatic hydroxyl groups is 1. The maximum Gasteiger partial charge on any atom is 0.350 e. The van der Waals surface area contributed by atoms with E-state index in [4.69, 9.17) is 14.2 Å². The van der Waals surface area contributed by atoms with Crippen LogP contribution in [0, 0.1) is 6.92 Å². The molecule has 6 rings (SSSR count). The summed E-state index contributed by atoms with van der Waals surface area (Å²) in [5.41, 5.74) is 3.08. The topological polar surface area (TPSA) is 115 Å². The molecule has 2 atom stereocenters. The van der Waals surface area contributed by atoms with Crippen molar-refractivity contribution in [3.63, 3.8) is 0 Å². The van der Waals surface area contributed by atoms with Gasteiger partial charge in [0.25, 0.3) is 5.78 Å². The van der Waals surface area contributed by atoms with Crippen molar-refractivity contribution in [1.82, 2.24) is 4.98 Å². The Kier molecular flexibility index (Phi) is 7.92. The Balaban J connectivity index is 1.45. The van der Waals surface area contributed by atoms with E-state index < -0.39 is 23.7 Å². The number of benzene rings is 3. The number of aromatic nitrogens is 1. The molecule has 4 aromatic rings. The van der Waals surface area contributed by atoms with Gasteiger partial charge in [0.1, 0.15) is 34.8 Å². The van der Waals surface area contributed by atoms with Crippen LogP contribution < -0.4 is 14.4 Å². The molecule has 0 aliphatic carbocycles. The molecule has 9 nitrogen and oxygen atoms in total. The van der Waals surface area contributed by atoms with Gasteiger partial charge in [-0.25, -0.2) is 9.78 Å². The lowest BCUT2D eigenvalue weighted by Gasteiger charge is -2.23. The number of rotatable bonds is 8. The highest BCUT2D eigenvalue weighted by Gasteiger charge is 2.48. The van der Waals surface area contributed by atoms with Crippen molar-refractivity contribution < 1.29 is 33.7 Å². The number of Topliss-reactive ketones (excluding diaryl/α,β-unsaturated/α-hetero) is 1. The second-order valence-corrected chi connectivity index (χ2v) is 11.6. The number of fused-ring (bicyclic) bond motifs is 1. The van der Waals surface area contributed by atoms with Crippen molar-refractivity contribution >= 4 is 39.9 Å². The van der Waals surface area contributed by atoms with Gasteiger partial charge in [-0.05, 0) is 67.8 Å². The molecule has 44 heavy (non-hydrogen) atoms. The third kappa shape index (κ3) is 5.44. The van der Waals surface area contributed by atoms with E-state index in [1.807, 2.05) is 37.3 Å². The van der Waals surface area contributed by atoms with Crippen molar-refractivity contribution in [2.45, 2.75) is 45.9 Å². The second kappa shape index (κ2) is 12.0. The van der Waals surface area contributed by atoms with Crippen LogP contribution in [-0.4, -0.2) is 40.5 Å². The molecule has 2 aliphatic heterocycles. The van der Waals surface area contributed by atoms with Crippen LogP contribution >= 0.6 is 11.3 Å². The maximum absolute atomic E-state index is 13.7. The van der Waals surface area contributed by atoms with E-state index in [1.165, 1.54) is 4.90 Å².